The zero-order valence-corrected chi connectivity index (χ0v) is 63.6. The minimum absolute atomic E-state index is 0. The molecule has 0 spiro atoms. The molecule has 2 aliphatic rings. The Hall–Kier alpha value is -9.93. The van der Waals surface area contributed by atoms with E-state index >= 15 is 0 Å². The number of rotatable bonds is 8. The Morgan fingerprint density at radius 3 is 1.24 bits per heavy atom. The maximum atomic E-state index is 13.1. The van der Waals surface area contributed by atoms with Crippen LogP contribution in [0.1, 0.15) is 136 Å². The van der Waals surface area contributed by atoms with E-state index in [0.29, 0.717) is 33.4 Å². The number of aryl methyl sites for hydroxylation is 8. The van der Waals surface area contributed by atoms with Gasteiger partial charge in [-0.05, 0) is 226 Å². The van der Waals surface area contributed by atoms with Crippen molar-refractivity contribution in [1.29, 1.82) is 0 Å². The molecule has 12 aromatic rings. The molecular formula is C76H73ClI2N10O12. The second-order valence-corrected chi connectivity index (χ2v) is 28.2. The molecule has 10 heterocycles. The number of pyridine rings is 4. The van der Waals surface area contributed by atoms with Crippen LogP contribution in [0, 0.1) is 59.0 Å². The first kappa shape index (κ1) is 73.8. The quantitative estimate of drug-likeness (QED) is 0.0776. The lowest BCUT2D eigenvalue weighted by Gasteiger charge is -2.19. The standard InChI is InChI=1S/C25H25N3O5.C21H18N2O3.C17H18IN3O3.C13H11IN2O.ClH/c1-14-21(15(2)33-27-14)18-11-20-22(26-12-18)19(13-28(20)24(30)32-25(3,4)5)16-7-9-17(10-8-16)23(29)31-6;1-12-19(13(2)26-23-12)17-10-16-8-9-18(20(16)22-11-17)14-4-6-15(7-5-14)21(24)25-3;1-9-14(10(2)24-20-9)11-6-13-15(19-7-11)12(18)8-21(13)16(22)23-17(3,4)5;1-7-12(8(2)17-16-7)10-5-9-3-4-11(14)13(9)15-6-10;/h7-13H,1-6H3;4-7,9-11H,8H2,1-3H3;6-8H,1-5H3;4-6H,3H2,1-2H3;1H. The Morgan fingerprint density at radius 2 is 0.822 bits per heavy atom. The smallest absolute Gasteiger partial charge is 0.419 e. The number of hydrogen-bond donors (Lipinski definition) is 0. The molecule has 14 rings (SSSR count). The zero-order valence-electron chi connectivity index (χ0n) is 58.5. The Labute approximate surface area is 616 Å². The van der Waals surface area contributed by atoms with E-state index in [1.165, 1.54) is 38.1 Å². The van der Waals surface area contributed by atoms with E-state index in [9.17, 15) is 19.2 Å². The third-order valence-corrected chi connectivity index (χ3v) is 18.1. The fourth-order valence-corrected chi connectivity index (χ4v) is 13.3. The van der Waals surface area contributed by atoms with Gasteiger partial charge >= 0.3 is 24.1 Å². The summed E-state index contributed by atoms with van der Waals surface area (Å²) in [6.45, 7) is 26.1. The number of carbonyl (C=O) groups is 4. The van der Waals surface area contributed by atoms with Gasteiger partial charge in [0, 0.05) is 96.4 Å². The summed E-state index contributed by atoms with van der Waals surface area (Å²) in [5.74, 6) is 2.29. The summed E-state index contributed by atoms with van der Waals surface area (Å²) in [6, 6.07) is 22.5. The second-order valence-electron chi connectivity index (χ2n) is 25.9. The van der Waals surface area contributed by atoms with Gasteiger partial charge in [0.2, 0.25) is 0 Å². The van der Waals surface area contributed by atoms with Gasteiger partial charge in [0.1, 0.15) is 39.8 Å². The molecule has 0 saturated heterocycles. The van der Waals surface area contributed by atoms with Crippen LogP contribution >= 0.6 is 57.6 Å². The molecule has 25 heteroatoms. The van der Waals surface area contributed by atoms with Crippen LogP contribution in [0.2, 0.25) is 0 Å². The van der Waals surface area contributed by atoms with E-state index in [1.807, 2.05) is 134 Å². The predicted molar refractivity (Wildman–Crippen MR) is 402 cm³/mol. The molecular weight excluding hydrogens is 1530 g/mol. The largest absolute Gasteiger partial charge is 0.465 e. The topological polar surface area (TPSA) is 271 Å². The lowest BCUT2D eigenvalue weighted by molar-refractivity contribution is 0.0533. The molecule has 0 unspecified atom stereocenters. The molecule has 0 fully saturated rings. The first-order valence-electron chi connectivity index (χ1n) is 31.8. The van der Waals surface area contributed by atoms with Crippen molar-refractivity contribution in [3.8, 4) is 55.6 Å². The molecule has 10 aromatic heterocycles. The molecule has 0 atom stereocenters. The van der Waals surface area contributed by atoms with Crippen molar-refractivity contribution in [2.24, 2.45) is 0 Å². The van der Waals surface area contributed by atoms with E-state index in [1.54, 1.807) is 61.2 Å². The van der Waals surface area contributed by atoms with Gasteiger partial charge in [-0.1, -0.05) is 57.0 Å². The zero-order chi connectivity index (χ0) is 71.8. The molecule has 101 heavy (non-hydrogen) atoms. The number of esters is 2. The van der Waals surface area contributed by atoms with Crippen LogP contribution < -0.4 is 0 Å². The number of fused-ring (bicyclic) bond motifs is 4. The van der Waals surface area contributed by atoms with Gasteiger partial charge in [-0.15, -0.1) is 12.4 Å². The second kappa shape index (κ2) is 30.1. The molecule has 2 aliphatic carbocycles. The highest BCUT2D eigenvalue weighted by Crippen LogP contribution is 2.39. The SMILES string of the molecule is COC(=O)c1ccc(-c2cn(C(=O)OC(C)(C)C)c3cc(-c4c(C)noc4C)cnc23)cc1.COC(=O)c1ccc(C2=CCc3cc(-c4c(C)noc4C)cnc32)cc1.Cc1noc(C)c1-c1cnc2c(I)cn(C(=O)OC(C)(C)C)c2c1.Cc1noc(C)c1-c1cnc2c(c1)CC=C2I.Cl. The predicted octanol–water partition coefficient (Wildman–Crippen LogP) is 18.5. The van der Waals surface area contributed by atoms with Gasteiger partial charge in [-0.3, -0.25) is 24.5 Å². The first-order valence-corrected chi connectivity index (χ1v) is 34.0. The summed E-state index contributed by atoms with van der Waals surface area (Å²) < 4.78 is 46.7. The maximum Gasteiger partial charge on any atom is 0.419 e. The molecule has 520 valence electrons. The third-order valence-electron chi connectivity index (χ3n) is 16.4. The van der Waals surface area contributed by atoms with Gasteiger partial charge in [-0.25, -0.2) is 23.7 Å². The number of benzene rings is 2. The van der Waals surface area contributed by atoms with Gasteiger partial charge in [-0.2, -0.15) is 0 Å². The average molecular weight is 1610 g/mol. The van der Waals surface area contributed by atoms with Crippen LogP contribution in [-0.2, 0) is 31.8 Å². The van der Waals surface area contributed by atoms with Gasteiger partial charge in [0.25, 0.3) is 0 Å². The lowest BCUT2D eigenvalue weighted by atomic mass is 10.00. The molecule has 2 aromatic carbocycles. The number of aromatic nitrogens is 10. The Balaban J connectivity index is 0.000000148. The highest BCUT2D eigenvalue weighted by molar-refractivity contribution is 14.1. The summed E-state index contributed by atoms with van der Waals surface area (Å²) in [6.07, 6.45) is 16.0. The van der Waals surface area contributed by atoms with Crippen molar-refractivity contribution in [1.82, 2.24) is 49.7 Å². The molecule has 0 amide bonds. The van der Waals surface area contributed by atoms with E-state index in [2.05, 4.69) is 105 Å². The van der Waals surface area contributed by atoms with Crippen LogP contribution in [0.3, 0.4) is 0 Å². The Bertz CT molecular complexity index is 5150. The Kier molecular flexibility index (Phi) is 22.0. The van der Waals surface area contributed by atoms with Crippen molar-refractivity contribution < 1.29 is 56.2 Å². The lowest BCUT2D eigenvalue weighted by Crippen LogP contribution is -2.26. The van der Waals surface area contributed by atoms with Gasteiger partial charge < -0.3 is 37.0 Å². The molecule has 22 nitrogen and oxygen atoms in total. The van der Waals surface area contributed by atoms with Gasteiger partial charge in [0.05, 0.1) is 79.6 Å². The first-order chi connectivity index (χ1) is 47.5. The monoisotopic (exact) mass is 1610 g/mol. The number of nitrogens with zero attached hydrogens (tertiary/aromatic N) is 10. The van der Waals surface area contributed by atoms with Crippen molar-refractivity contribution in [2.75, 3.05) is 14.2 Å². The molecule has 0 N–H and O–H groups in total. The molecule has 0 saturated carbocycles. The summed E-state index contributed by atoms with van der Waals surface area (Å²) in [5.41, 5.74) is 21.5. The number of hydrogen-bond acceptors (Lipinski definition) is 20. The molecule has 0 bridgehead atoms. The van der Waals surface area contributed by atoms with E-state index in [-0.39, 0.29) is 18.4 Å². The minimum Gasteiger partial charge on any atom is -0.465 e. The van der Waals surface area contributed by atoms with Crippen LogP contribution in [0.25, 0.3) is 86.9 Å². The number of methoxy groups -OCH3 is 2. The fourth-order valence-electron chi connectivity index (χ4n) is 11.9. The van der Waals surface area contributed by atoms with E-state index < -0.39 is 29.4 Å². The van der Waals surface area contributed by atoms with Crippen molar-refractivity contribution >= 4 is 113 Å². The van der Waals surface area contributed by atoms with Crippen molar-refractivity contribution in [3.05, 3.63) is 211 Å². The number of allylic oxidation sites excluding steroid dienone is 2. The number of ether oxygens (including phenoxy) is 4. The third kappa shape index (κ3) is 15.8. The highest BCUT2D eigenvalue weighted by Gasteiger charge is 2.27. The van der Waals surface area contributed by atoms with E-state index in [0.717, 1.165) is 140 Å². The van der Waals surface area contributed by atoms with Crippen LogP contribution in [0.4, 0.5) is 9.59 Å². The molecule has 0 aliphatic heterocycles. The van der Waals surface area contributed by atoms with Crippen LogP contribution in [0.5, 0.6) is 0 Å². The fraction of sp³-hybridized carbons (Fsp3) is 0.263. The number of halogens is 3. The Morgan fingerprint density at radius 1 is 0.455 bits per heavy atom. The minimum atomic E-state index is -0.664. The highest BCUT2D eigenvalue weighted by atomic mass is 127. The molecule has 0 radical (unpaired) electrons. The summed E-state index contributed by atoms with van der Waals surface area (Å²) in [7, 11) is 2.72. The summed E-state index contributed by atoms with van der Waals surface area (Å²) in [5, 5.41) is 16.0. The van der Waals surface area contributed by atoms with Crippen molar-refractivity contribution in [2.45, 2.75) is 121 Å². The van der Waals surface area contributed by atoms with Crippen LogP contribution in [0.15, 0.2) is 140 Å². The average Bonchev–Trinajstić information content (AvgIpc) is 1.63. The summed E-state index contributed by atoms with van der Waals surface area (Å²) in [4.78, 5) is 67.4. The summed E-state index contributed by atoms with van der Waals surface area (Å²) >= 11 is 4.50. The maximum absolute atomic E-state index is 13.1. The van der Waals surface area contributed by atoms with Crippen molar-refractivity contribution in [3.63, 3.8) is 0 Å². The van der Waals surface area contributed by atoms with E-state index in [4.69, 9.17) is 42.0 Å². The van der Waals surface area contributed by atoms with Gasteiger partial charge in [0.15, 0.2) is 0 Å². The van der Waals surface area contributed by atoms with Crippen LogP contribution in [-0.4, -0.2) is 99.2 Å². The number of carbonyl (C=O) groups excluding carboxylic acids is 4. The normalized spacial score (nSPS) is 12.2.